The van der Waals surface area contributed by atoms with Crippen molar-refractivity contribution < 1.29 is 0 Å². The zero-order chi connectivity index (χ0) is 11.3. The first-order chi connectivity index (χ1) is 7.17. The number of hydrogen-bond donors (Lipinski definition) is 1. The summed E-state index contributed by atoms with van der Waals surface area (Å²) >= 11 is 0. The van der Waals surface area contributed by atoms with Gasteiger partial charge in [0.25, 0.3) is 0 Å². The number of nitrogens with zero attached hydrogens (tertiary/aromatic N) is 2. The third kappa shape index (κ3) is 3.67. The van der Waals surface area contributed by atoms with Gasteiger partial charge in [-0.25, -0.2) is 0 Å². The maximum atomic E-state index is 5.73. The molecule has 1 rings (SSSR count). The molecule has 0 aromatic carbocycles. The van der Waals surface area contributed by atoms with Gasteiger partial charge < -0.3 is 5.73 Å². The normalized spacial score (nSPS) is 13.1. The van der Waals surface area contributed by atoms with Crippen LogP contribution in [-0.2, 0) is 19.4 Å². The first kappa shape index (κ1) is 12.2. The zero-order valence-corrected chi connectivity index (χ0v) is 10.2. The average Bonchev–Trinajstić information content (AvgIpc) is 2.60. The van der Waals surface area contributed by atoms with Gasteiger partial charge in [0.2, 0.25) is 0 Å². The van der Waals surface area contributed by atoms with E-state index in [4.69, 9.17) is 5.73 Å². The van der Waals surface area contributed by atoms with Crippen LogP contribution in [0.4, 0.5) is 0 Å². The smallest absolute Gasteiger partial charge is 0.0624 e. The highest BCUT2D eigenvalue weighted by Crippen LogP contribution is 2.08. The van der Waals surface area contributed by atoms with E-state index in [1.807, 2.05) is 0 Å². The molecule has 15 heavy (non-hydrogen) atoms. The van der Waals surface area contributed by atoms with Gasteiger partial charge in [-0.1, -0.05) is 13.8 Å². The molecule has 0 amide bonds. The Labute approximate surface area is 92.7 Å². The van der Waals surface area contributed by atoms with Crippen LogP contribution in [0.3, 0.4) is 0 Å². The lowest BCUT2D eigenvalue weighted by Gasteiger charge is -2.07. The molecule has 2 N–H and O–H groups in total. The van der Waals surface area contributed by atoms with E-state index in [-0.39, 0.29) is 0 Å². The molecular weight excluding hydrogens is 186 g/mol. The van der Waals surface area contributed by atoms with Crippen LogP contribution in [0.2, 0.25) is 0 Å². The summed E-state index contributed by atoms with van der Waals surface area (Å²) < 4.78 is 2.14. The molecule has 1 aromatic rings. The molecule has 0 aliphatic heterocycles. The summed E-state index contributed by atoms with van der Waals surface area (Å²) in [5.41, 5.74) is 8.27. The Hall–Kier alpha value is -0.830. The molecule has 1 aromatic heterocycles. The highest BCUT2D eigenvalue weighted by atomic mass is 15.3. The molecule has 3 heteroatoms. The number of rotatable bonds is 6. The molecule has 0 radical (unpaired) electrons. The predicted octanol–water partition coefficient (Wildman–Crippen LogP) is 2.14. The number of hydrogen-bond acceptors (Lipinski definition) is 2. The van der Waals surface area contributed by atoms with Crippen LogP contribution in [-0.4, -0.2) is 15.8 Å². The van der Waals surface area contributed by atoms with Crippen molar-refractivity contribution in [2.24, 2.45) is 5.73 Å². The molecule has 1 unspecified atom stereocenters. The van der Waals surface area contributed by atoms with Crippen LogP contribution in [0.15, 0.2) is 6.07 Å². The van der Waals surface area contributed by atoms with E-state index in [2.05, 4.69) is 36.6 Å². The van der Waals surface area contributed by atoms with Crippen molar-refractivity contribution in [1.82, 2.24) is 9.78 Å². The molecule has 86 valence electrons. The van der Waals surface area contributed by atoms with Crippen LogP contribution >= 0.6 is 0 Å². The first-order valence-corrected chi connectivity index (χ1v) is 5.98. The molecule has 0 aliphatic carbocycles. The van der Waals surface area contributed by atoms with Crippen molar-refractivity contribution in [3.63, 3.8) is 0 Å². The van der Waals surface area contributed by atoms with E-state index in [1.54, 1.807) is 0 Å². The van der Waals surface area contributed by atoms with Gasteiger partial charge in [0.1, 0.15) is 0 Å². The van der Waals surface area contributed by atoms with E-state index in [0.717, 1.165) is 32.2 Å². The van der Waals surface area contributed by atoms with E-state index < -0.39 is 0 Å². The SMILES string of the molecule is CCc1cc(CC)n(CCCC(C)N)n1. The van der Waals surface area contributed by atoms with E-state index in [1.165, 1.54) is 11.4 Å². The molecule has 1 heterocycles. The second-order valence-corrected chi connectivity index (χ2v) is 4.18. The van der Waals surface area contributed by atoms with Gasteiger partial charge in [-0.15, -0.1) is 0 Å². The first-order valence-electron chi connectivity index (χ1n) is 5.98. The molecule has 1 atom stereocenters. The second kappa shape index (κ2) is 5.91. The van der Waals surface area contributed by atoms with Gasteiger partial charge in [-0.05, 0) is 38.7 Å². The lowest BCUT2D eigenvalue weighted by Crippen LogP contribution is -2.16. The molecule has 0 fully saturated rings. The summed E-state index contributed by atoms with van der Waals surface area (Å²) in [5, 5.41) is 4.57. The van der Waals surface area contributed by atoms with E-state index in [9.17, 15) is 0 Å². The van der Waals surface area contributed by atoms with Gasteiger partial charge in [-0.3, -0.25) is 4.68 Å². The van der Waals surface area contributed by atoms with Gasteiger partial charge >= 0.3 is 0 Å². The molecule has 0 bridgehead atoms. The Balaban J connectivity index is 2.54. The highest BCUT2D eigenvalue weighted by molar-refractivity contribution is 5.10. The van der Waals surface area contributed by atoms with Crippen molar-refractivity contribution in [3.8, 4) is 0 Å². The van der Waals surface area contributed by atoms with Crippen molar-refractivity contribution in [2.75, 3.05) is 0 Å². The number of aryl methyl sites for hydroxylation is 3. The predicted molar refractivity (Wildman–Crippen MR) is 63.9 cm³/mol. The summed E-state index contributed by atoms with van der Waals surface area (Å²) in [4.78, 5) is 0. The van der Waals surface area contributed by atoms with Crippen LogP contribution in [0, 0.1) is 0 Å². The largest absolute Gasteiger partial charge is 0.328 e. The van der Waals surface area contributed by atoms with Gasteiger partial charge in [0, 0.05) is 18.3 Å². The maximum absolute atomic E-state index is 5.73. The van der Waals surface area contributed by atoms with Crippen LogP contribution in [0.5, 0.6) is 0 Å². The average molecular weight is 209 g/mol. The molecule has 3 nitrogen and oxygen atoms in total. The third-order valence-electron chi connectivity index (χ3n) is 2.67. The second-order valence-electron chi connectivity index (χ2n) is 4.18. The summed E-state index contributed by atoms with van der Waals surface area (Å²) in [5.74, 6) is 0. The molecule has 0 saturated carbocycles. The van der Waals surface area contributed by atoms with Crippen LogP contribution in [0.25, 0.3) is 0 Å². The summed E-state index contributed by atoms with van der Waals surface area (Å²) in [7, 11) is 0. The summed E-state index contributed by atoms with van der Waals surface area (Å²) in [6.07, 6.45) is 4.28. The Kier molecular flexibility index (Phi) is 4.82. The lowest BCUT2D eigenvalue weighted by atomic mass is 10.2. The van der Waals surface area contributed by atoms with Crippen LogP contribution in [0.1, 0.15) is 45.0 Å². The summed E-state index contributed by atoms with van der Waals surface area (Å²) in [6, 6.07) is 2.52. The molecular formula is C12H23N3. The molecule has 0 spiro atoms. The Bertz CT molecular complexity index is 289. The highest BCUT2D eigenvalue weighted by Gasteiger charge is 2.04. The molecule has 0 aliphatic rings. The van der Waals surface area contributed by atoms with Gasteiger partial charge in [0.05, 0.1) is 5.69 Å². The monoisotopic (exact) mass is 209 g/mol. The van der Waals surface area contributed by atoms with Gasteiger partial charge in [-0.2, -0.15) is 5.10 Å². The van der Waals surface area contributed by atoms with E-state index >= 15 is 0 Å². The quantitative estimate of drug-likeness (QED) is 0.780. The fourth-order valence-corrected chi connectivity index (χ4v) is 1.73. The van der Waals surface area contributed by atoms with Crippen molar-refractivity contribution in [1.29, 1.82) is 0 Å². The zero-order valence-electron chi connectivity index (χ0n) is 10.2. The van der Waals surface area contributed by atoms with Gasteiger partial charge in [0.15, 0.2) is 0 Å². The molecule has 0 saturated heterocycles. The standard InChI is InChI=1S/C12H23N3/c1-4-11-9-12(5-2)15(14-11)8-6-7-10(3)13/h9-10H,4-8,13H2,1-3H3. The fraction of sp³-hybridized carbons (Fsp3) is 0.750. The Morgan fingerprint density at radius 3 is 2.67 bits per heavy atom. The Morgan fingerprint density at radius 2 is 2.13 bits per heavy atom. The third-order valence-corrected chi connectivity index (χ3v) is 2.67. The number of nitrogens with two attached hydrogens (primary N) is 1. The minimum atomic E-state index is 0.302. The topological polar surface area (TPSA) is 43.8 Å². The van der Waals surface area contributed by atoms with Crippen molar-refractivity contribution in [2.45, 2.75) is 59.0 Å². The van der Waals surface area contributed by atoms with E-state index in [0.29, 0.717) is 6.04 Å². The maximum Gasteiger partial charge on any atom is 0.0624 e. The minimum absolute atomic E-state index is 0.302. The fourth-order valence-electron chi connectivity index (χ4n) is 1.73. The lowest BCUT2D eigenvalue weighted by molar-refractivity contribution is 0.509. The minimum Gasteiger partial charge on any atom is -0.328 e. The Morgan fingerprint density at radius 1 is 1.40 bits per heavy atom. The van der Waals surface area contributed by atoms with Crippen LogP contribution < -0.4 is 5.73 Å². The number of aromatic nitrogens is 2. The summed E-state index contributed by atoms with van der Waals surface area (Å²) in [6.45, 7) is 7.39. The van der Waals surface area contributed by atoms with Crippen molar-refractivity contribution >= 4 is 0 Å². The van der Waals surface area contributed by atoms with Crippen molar-refractivity contribution in [3.05, 3.63) is 17.5 Å².